The van der Waals surface area contributed by atoms with E-state index >= 15 is 0 Å². The van der Waals surface area contributed by atoms with Crippen molar-refractivity contribution >= 4 is 60.4 Å². The van der Waals surface area contributed by atoms with Gasteiger partial charge in [0.2, 0.25) is 0 Å². The molecule has 0 unspecified atom stereocenters. The second-order valence-corrected chi connectivity index (χ2v) is 25.7. The van der Waals surface area contributed by atoms with Gasteiger partial charge in [0.1, 0.15) is 0 Å². The zero-order chi connectivity index (χ0) is 29.4. The molecule has 45 heavy (non-hydrogen) atoms. The molecular formula is C42H38Cl2Zr. The minimum atomic E-state index is -4.83. The Hall–Kier alpha value is -3.35. The fourth-order valence-electron chi connectivity index (χ4n) is 8.49. The second kappa shape index (κ2) is 11.5. The second-order valence-electron chi connectivity index (χ2n) is 12.9. The Kier molecular flexibility index (Phi) is 8.06. The molecule has 0 saturated carbocycles. The Morgan fingerprint density at radius 3 is 1.80 bits per heavy atom. The zero-order valence-corrected chi connectivity index (χ0v) is 30.2. The summed E-state index contributed by atoms with van der Waals surface area (Å²) in [4.78, 5) is 0. The van der Waals surface area contributed by atoms with E-state index in [1.807, 2.05) is 0 Å². The molecule has 0 aromatic heterocycles. The van der Waals surface area contributed by atoms with Crippen LogP contribution >= 0.6 is 24.8 Å². The van der Waals surface area contributed by atoms with Crippen LogP contribution in [0.15, 0.2) is 136 Å². The van der Waals surface area contributed by atoms with Crippen LogP contribution in [0.5, 0.6) is 0 Å². The fourth-order valence-corrected chi connectivity index (χ4v) is 24.7. The van der Waals surface area contributed by atoms with Crippen molar-refractivity contribution < 1.29 is 18.3 Å². The van der Waals surface area contributed by atoms with E-state index in [0.717, 1.165) is 12.8 Å². The molecule has 0 aliphatic heterocycles. The van der Waals surface area contributed by atoms with E-state index in [1.165, 1.54) is 70.3 Å². The van der Waals surface area contributed by atoms with Crippen LogP contribution in [-0.2, 0) is 24.7 Å². The molecule has 8 rings (SSSR count). The predicted octanol–water partition coefficient (Wildman–Crippen LogP) is 9.66. The number of hydrogen-bond donors (Lipinski definition) is 0. The number of allylic oxidation sites excluding steroid dienone is 4. The Labute approximate surface area is 280 Å². The molecule has 0 spiro atoms. The van der Waals surface area contributed by atoms with Crippen LogP contribution in [0, 0.1) is 13.8 Å². The molecule has 0 heterocycles. The van der Waals surface area contributed by atoms with Gasteiger partial charge in [0.05, 0.1) is 0 Å². The minimum absolute atomic E-state index is 0. The molecule has 0 nitrogen and oxygen atoms in total. The molecule has 0 saturated heterocycles. The predicted molar refractivity (Wildman–Crippen MR) is 199 cm³/mol. The average Bonchev–Trinajstić information content (AvgIpc) is 3.66. The van der Waals surface area contributed by atoms with E-state index in [0.29, 0.717) is 0 Å². The maximum atomic E-state index is 5.72. The van der Waals surface area contributed by atoms with E-state index in [-0.39, 0.29) is 24.8 Å². The number of aryl methyl sites for hydroxylation is 2. The van der Waals surface area contributed by atoms with E-state index in [2.05, 4.69) is 148 Å². The molecule has 6 aromatic rings. The van der Waals surface area contributed by atoms with Gasteiger partial charge in [0, 0.05) is 0 Å². The summed E-state index contributed by atoms with van der Waals surface area (Å²) in [5.74, 6) is 0. The number of halogens is 2. The van der Waals surface area contributed by atoms with Gasteiger partial charge >= 0.3 is 257 Å². The van der Waals surface area contributed by atoms with E-state index in [9.17, 15) is 0 Å². The Morgan fingerprint density at radius 2 is 1.18 bits per heavy atom. The summed E-state index contributed by atoms with van der Waals surface area (Å²) in [6.07, 6.45) is 6.62. The van der Waals surface area contributed by atoms with E-state index < -0.39 is 18.3 Å². The van der Waals surface area contributed by atoms with Gasteiger partial charge in [0.25, 0.3) is 0 Å². The van der Waals surface area contributed by atoms with Crippen LogP contribution in [0.2, 0.25) is 0 Å². The molecule has 0 fully saturated rings. The molecular weight excluding hydrogens is 667 g/mol. The van der Waals surface area contributed by atoms with Crippen molar-refractivity contribution in [1.29, 1.82) is 0 Å². The van der Waals surface area contributed by atoms with Crippen LogP contribution in [0.4, 0.5) is 0 Å². The van der Waals surface area contributed by atoms with Gasteiger partial charge in [-0.05, 0) is 0 Å². The number of rotatable bonds is 4. The first-order valence-electron chi connectivity index (χ1n) is 15.5. The van der Waals surface area contributed by atoms with Gasteiger partial charge < -0.3 is 0 Å². The molecule has 6 aromatic carbocycles. The van der Waals surface area contributed by atoms with Crippen molar-refractivity contribution in [3.63, 3.8) is 0 Å². The molecule has 0 N–H and O–H groups in total. The van der Waals surface area contributed by atoms with Crippen molar-refractivity contribution in [2.45, 2.75) is 33.6 Å². The first kappa shape index (κ1) is 31.6. The van der Waals surface area contributed by atoms with Gasteiger partial charge in [-0.15, -0.1) is 24.8 Å². The van der Waals surface area contributed by atoms with Crippen LogP contribution in [-0.4, -0.2) is 4.21 Å². The third-order valence-electron chi connectivity index (χ3n) is 10.6. The zero-order valence-electron chi connectivity index (χ0n) is 26.1. The molecule has 0 bridgehead atoms. The van der Waals surface area contributed by atoms with E-state index in [4.69, 9.17) is 4.21 Å². The summed E-state index contributed by atoms with van der Waals surface area (Å²) < 4.78 is 11.6. The summed E-state index contributed by atoms with van der Waals surface area (Å²) in [5, 5.41) is 5.48. The topological polar surface area (TPSA) is 0 Å². The van der Waals surface area contributed by atoms with Crippen molar-refractivity contribution in [3.05, 3.63) is 159 Å². The van der Waals surface area contributed by atoms with Gasteiger partial charge in [-0.1, -0.05) is 0 Å². The summed E-state index contributed by atoms with van der Waals surface area (Å²) in [5.41, 5.74) is 9.65. The molecule has 0 atom stereocenters. The third kappa shape index (κ3) is 4.31. The van der Waals surface area contributed by atoms with Crippen molar-refractivity contribution in [2.24, 2.45) is 0 Å². The Bertz CT molecular complexity index is 2200. The van der Waals surface area contributed by atoms with Crippen LogP contribution in [0.25, 0.3) is 32.7 Å². The van der Waals surface area contributed by atoms with Gasteiger partial charge in [-0.3, -0.25) is 0 Å². The summed E-state index contributed by atoms with van der Waals surface area (Å²) in [7, 11) is 0. The monoisotopic (exact) mass is 702 g/mol. The first-order chi connectivity index (χ1) is 20.9. The van der Waals surface area contributed by atoms with Crippen LogP contribution < -0.4 is 9.81 Å². The molecule has 2 aliphatic rings. The normalized spacial score (nSPS) is 13.9. The Balaban J connectivity index is 0.00000179. The van der Waals surface area contributed by atoms with Crippen LogP contribution in [0.1, 0.15) is 35.6 Å². The van der Waals surface area contributed by atoms with E-state index in [1.54, 1.807) is 3.28 Å². The molecule has 2 aliphatic carbocycles. The summed E-state index contributed by atoms with van der Waals surface area (Å²) >= 11 is -4.83. The SMILES string of the molecule is Cl.Cl.[CH2]=[Zr]([C]1=C(C)C=CC1)([c]1ccc(C)cc1)([c]1ccc(C)cc1)[c]1cccc2c1c1c(c3ccccc32)-c2ccccc2C1. The molecule has 0 radical (unpaired) electrons. The summed E-state index contributed by atoms with van der Waals surface area (Å²) in [6.45, 7) is 6.71. The Morgan fingerprint density at radius 1 is 0.600 bits per heavy atom. The average molecular weight is 705 g/mol. The number of fused-ring (bicyclic) bond motifs is 8. The molecule has 0 amide bonds. The first-order valence-corrected chi connectivity index (χ1v) is 22.1. The van der Waals surface area contributed by atoms with Gasteiger partial charge in [-0.25, -0.2) is 0 Å². The van der Waals surface area contributed by atoms with Crippen molar-refractivity contribution in [1.82, 2.24) is 0 Å². The number of hydrogen-bond acceptors (Lipinski definition) is 0. The van der Waals surface area contributed by atoms with Gasteiger partial charge in [0.15, 0.2) is 0 Å². The van der Waals surface area contributed by atoms with Crippen molar-refractivity contribution in [2.75, 3.05) is 0 Å². The summed E-state index contributed by atoms with van der Waals surface area (Å²) in [6, 6.07) is 44.1. The number of benzene rings is 6. The standard InChI is InChI=1S/C21H13.2C7H7.C6H7.CH2.2ClH.Zr/c1-2-8-15-14(7-1)13-20-18-11-4-3-9-16(18)17-10-5-6-12-19(17)21(15)20;2*1-7-5-3-2-4-6-7;1-6-4-2-3-5-6;;;;/h1-10,12H,13H2;2*3-6H,1H3;2,4H,3H2,1H3;1H2;2*1H;. The maximum absolute atomic E-state index is 5.72. The van der Waals surface area contributed by atoms with Crippen molar-refractivity contribution in [3.8, 4) is 11.1 Å². The molecule has 224 valence electrons. The van der Waals surface area contributed by atoms with Gasteiger partial charge in [-0.2, -0.15) is 0 Å². The quantitative estimate of drug-likeness (QED) is 0.160. The molecule has 3 heteroatoms. The van der Waals surface area contributed by atoms with Crippen LogP contribution in [0.3, 0.4) is 0 Å². The fraction of sp³-hybridized carbons (Fsp3) is 0.119. The third-order valence-corrected chi connectivity index (χ3v) is 27.2.